The standard InChI is InChI=1S/C53H35NS/c1-3-15-36(16-4-1)38-27-31-41(32-28-38)54(42-33-29-39(30-34-42)37-17-5-2-6-18-37)51-43-20-8-7-19-40(43)35-49-52(51)55-50-26-14-13-25-48(50)53(49)46-23-11-9-21-44(46)45-22-10-12-24-47(45)53/h1-35H. The van der Waals surface area contributed by atoms with E-state index in [-0.39, 0.29) is 0 Å². The second-order valence-electron chi connectivity index (χ2n) is 14.4. The van der Waals surface area contributed by atoms with E-state index in [1.54, 1.807) is 0 Å². The molecule has 0 N–H and O–H groups in total. The zero-order chi connectivity index (χ0) is 36.3. The lowest BCUT2D eigenvalue weighted by atomic mass is 9.67. The van der Waals surface area contributed by atoms with Crippen LogP contribution in [0, 0.1) is 0 Å². The van der Waals surface area contributed by atoms with Crippen LogP contribution in [0.4, 0.5) is 17.1 Å². The average molecular weight is 718 g/mol. The highest BCUT2D eigenvalue weighted by Crippen LogP contribution is 2.64. The number of hydrogen-bond donors (Lipinski definition) is 0. The molecule has 0 saturated carbocycles. The van der Waals surface area contributed by atoms with Crippen molar-refractivity contribution in [1.29, 1.82) is 0 Å². The molecule has 1 aliphatic carbocycles. The molecule has 0 aromatic heterocycles. The fourth-order valence-electron chi connectivity index (χ4n) is 9.12. The van der Waals surface area contributed by atoms with Gasteiger partial charge in [-0.15, -0.1) is 0 Å². The molecule has 0 fully saturated rings. The summed E-state index contributed by atoms with van der Waals surface area (Å²) in [6.07, 6.45) is 0. The van der Waals surface area contributed by atoms with Gasteiger partial charge in [0.15, 0.2) is 0 Å². The van der Waals surface area contributed by atoms with Crippen LogP contribution in [0.15, 0.2) is 222 Å². The Bertz CT molecular complexity index is 2750. The maximum Gasteiger partial charge on any atom is 0.0736 e. The number of anilines is 3. The summed E-state index contributed by atoms with van der Waals surface area (Å²) in [5.74, 6) is 0. The van der Waals surface area contributed by atoms with Crippen molar-refractivity contribution in [3.8, 4) is 33.4 Å². The number of fused-ring (bicyclic) bond motifs is 10. The molecule has 55 heavy (non-hydrogen) atoms. The molecular formula is C53H35NS. The third kappa shape index (κ3) is 4.88. The van der Waals surface area contributed by atoms with E-state index in [0.717, 1.165) is 11.4 Å². The van der Waals surface area contributed by atoms with E-state index >= 15 is 0 Å². The van der Waals surface area contributed by atoms with Crippen LogP contribution < -0.4 is 4.90 Å². The Hall–Kier alpha value is -6.61. The summed E-state index contributed by atoms with van der Waals surface area (Å²) in [5, 5.41) is 2.45. The first kappa shape index (κ1) is 31.9. The third-order valence-corrected chi connectivity index (χ3v) is 12.7. The summed E-state index contributed by atoms with van der Waals surface area (Å²) in [4.78, 5) is 5.08. The van der Waals surface area contributed by atoms with Gasteiger partial charge in [0.1, 0.15) is 0 Å². The van der Waals surface area contributed by atoms with Crippen molar-refractivity contribution < 1.29 is 0 Å². The molecule has 2 aliphatic rings. The third-order valence-electron chi connectivity index (χ3n) is 11.5. The van der Waals surface area contributed by atoms with Crippen LogP contribution in [0.25, 0.3) is 44.2 Å². The van der Waals surface area contributed by atoms with E-state index in [9.17, 15) is 0 Å². The highest BCUT2D eigenvalue weighted by molar-refractivity contribution is 7.99. The molecule has 1 aliphatic heterocycles. The summed E-state index contributed by atoms with van der Waals surface area (Å²) in [5.41, 5.74) is 15.8. The second kappa shape index (κ2) is 12.8. The Balaban J connectivity index is 1.22. The lowest BCUT2D eigenvalue weighted by Gasteiger charge is -2.42. The quantitative estimate of drug-likeness (QED) is 0.174. The van der Waals surface area contributed by atoms with E-state index < -0.39 is 5.41 Å². The van der Waals surface area contributed by atoms with Gasteiger partial charge in [0.05, 0.1) is 11.1 Å². The summed E-state index contributed by atoms with van der Waals surface area (Å²) < 4.78 is 0. The van der Waals surface area contributed by atoms with Crippen molar-refractivity contribution in [2.24, 2.45) is 0 Å². The lowest BCUT2D eigenvalue weighted by Crippen LogP contribution is -2.32. The van der Waals surface area contributed by atoms with E-state index in [0.29, 0.717) is 0 Å². The SMILES string of the molecule is c1ccc(-c2ccc(N(c3ccc(-c4ccccc4)cc3)c3c4c(cc5ccccc35)C3(c5ccccc5S4)c4ccccc4-c4ccccc43)cc2)cc1. The second-order valence-corrected chi connectivity index (χ2v) is 15.5. The minimum absolute atomic E-state index is 0.483. The number of rotatable bonds is 5. The van der Waals surface area contributed by atoms with Gasteiger partial charge in [0, 0.05) is 26.6 Å². The van der Waals surface area contributed by atoms with Gasteiger partial charge in [-0.25, -0.2) is 0 Å². The highest BCUT2D eigenvalue weighted by Gasteiger charge is 2.51. The summed E-state index contributed by atoms with van der Waals surface area (Å²) in [6, 6.07) is 78.2. The minimum atomic E-state index is -0.483. The minimum Gasteiger partial charge on any atom is -0.309 e. The molecule has 1 spiro atoms. The summed E-state index contributed by atoms with van der Waals surface area (Å²) >= 11 is 1.91. The molecule has 0 amide bonds. The van der Waals surface area contributed by atoms with Crippen LogP contribution in [-0.2, 0) is 5.41 Å². The zero-order valence-corrected chi connectivity index (χ0v) is 30.9. The molecule has 0 saturated heterocycles. The van der Waals surface area contributed by atoms with E-state index in [1.165, 1.54) is 81.9 Å². The largest absolute Gasteiger partial charge is 0.309 e. The average Bonchev–Trinajstić information content (AvgIpc) is 3.55. The van der Waals surface area contributed by atoms with Crippen molar-refractivity contribution >= 4 is 39.6 Å². The molecule has 0 unspecified atom stereocenters. The van der Waals surface area contributed by atoms with Gasteiger partial charge in [-0.05, 0) is 97.4 Å². The highest BCUT2D eigenvalue weighted by atomic mass is 32.2. The monoisotopic (exact) mass is 717 g/mol. The molecule has 9 aromatic rings. The summed E-state index contributed by atoms with van der Waals surface area (Å²) in [7, 11) is 0. The molecule has 11 rings (SSSR count). The number of nitrogens with zero attached hydrogens (tertiary/aromatic N) is 1. The predicted octanol–water partition coefficient (Wildman–Crippen LogP) is 14.5. The Morgan fingerprint density at radius 1 is 0.364 bits per heavy atom. The molecule has 9 aromatic carbocycles. The Kier molecular flexibility index (Phi) is 7.40. The van der Waals surface area contributed by atoms with Crippen LogP contribution in [0.3, 0.4) is 0 Å². The Morgan fingerprint density at radius 3 is 1.40 bits per heavy atom. The van der Waals surface area contributed by atoms with Crippen molar-refractivity contribution in [3.63, 3.8) is 0 Å². The van der Waals surface area contributed by atoms with Gasteiger partial charge >= 0.3 is 0 Å². The number of benzene rings is 9. The fraction of sp³-hybridized carbons (Fsp3) is 0.0189. The van der Waals surface area contributed by atoms with Gasteiger partial charge in [0.2, 0.25) is 0 Å². The molecule has 1 heterocycles. The molecule has 258 valence electrons. The van der Waals surface area contributed by atoms with Gasteiger partial charge in [-0.2, -0.15) is 0 Å². The van der Waals surface area contributed by atoms with Gasteiger partial charge < -0.3 is 4.90 Å². The first-order valence-electron chi connectivity index (χ1n) is 18.9. The van der Waals surface area contributed by atoms with Crippen molar-refractivity contribution in [2.45, 2.75) is 15.2 Å². The smallest absolute Gasteiger partial charge is 0.0736 e. The Labute approximate surface area is 326 Å². The van der Waals surface area contributed by atoms with Crippen molar-refractivity contribution in [1.82, 2.24) is 0 Å². The van der Waals surface area contributed by atoms with Crippen LogP contribution in [0.1, 0.15) is 22.3 Å². The van der Waals surface area contributed by atoms with Crippen LogP contribution in [0.2, 0.25) is 0 Å². The van der Waals surface area contributed by atoms with Crippen molar-refractivity contribution in [3.05, 3.63) is 235 Å². The van der Waals surface area contributed by atoms with Gasteiger partial charge in [-0.3, -0.25) is 0 Å². The maximum atomic E-state index is 2.51. The van der Waals surface area contributed by atoms with Crippen LogP contribution >= 0.6 is 11.8 Å². The molecule has 0 bridgehead atoms. The van der Waals surface area contributed by atoms with E-state index in [2.05, 4.69) is 217 Å². The molecule has 2 heteroatoms. The fourth-order valence-corrected chi connectivity index (χ4v) is 10.4. The number of hydrogen-bond acceptors (Lipinski definition) is 2. The summed E-state index contributed by atoms with van der Waals surface area (Å²) in [6.45, 7) is 0. The molecule has 0 radical (unpaired) electrons. The predicted molar refractivity (Wildman–Crippen MR) is 231 cm³/mol. The van der Waals surface area contributed by atoms with Gasteiger partial charge in [0.25, 0.3) is 0 Å². The van der Waals surface area contributed by atoms with E-state index in [4.69, 9.17) is 0 Å². The zero-order valence-electron chi connectivity index (χ0n) is 30.1. The Morgan fingerprint density at radius 2 is 0.818 bits per heavy atom. The van der Waals surface area contributed by atoms with Crippen molar-refractivity contribution in [2.75, 3.05) is 4.90 Å². The lowest BCUT2D eigenvalue weighted by molar-refractivity contribution is 0.724. The normalized spacial score (nSPS) is 13.2. The topological polar surface area (TPSA) is 3.24 Å². The molecular weight excluding hydrogens is 683 g/mol. The van der Waals surface area contributed by atoms with Gasteiger partial charge in [-0.1, -0.05) is 188 Å². The first-order chi connectivity index (χ1) is 27.3. The van der Waals surface area contributed by atoms with Crippen LogP contribution in [-0.4, -0.2) is 0 Å². The molecule has 0 atom stereocenters. The van der Waals surface area contributed by atoms with E-state index in [1.807, 2.05) is 11.8 Å². The maximum absolute atomic E-state index is 2.51. The van der Waals surface area contributed by atoms with Crippen LogP contribution in [0.5, 0.6) is 0 Å². The molecule has 1 nitrogen and oxygen atoms in total. The first-order valence-corrected chi connectivity index (χ1v) is 19.7.